The Morgan fingerprint density at radius 2 is 1.85 bits per heavy atom. The van der Waals surface area contributed by atoms with Gasteiger partial charge in [-0.2, -0.15) is 0 Å². The lowest BCUT2D eigenvalue weighted by molar-refractivity contribution is 0.0685. The quantitative estimate of drug-likeness (QED) is 0.933. The average molecular weight is 272 g/mol. The summed E-state index contributed by atoms with van der Waals surface area (Å²) in [4.78, 5) is 15.2. The van der Waals surface area contributed by atoms with Gasteiger partial charge in [-0.05, 0) is 23.5 Å². The summed E-state index contributed by atoms with van der Waals surface area (Å²) < 4.78 is 1.72. The van der Waals surface area contributed by atoms with Crippen molar-refractivity contribution in [1.82, 2.24) is 9.55 Å². The van der Waals surface area contributed by atoms with E-state index in [1.54, 1.807) is 4.57 Å². The number of hydrogen-bond donors (Lipinski definition) is 1. The molecule has 1 aromatic heterocycles. The van der Waals surface area contributed by atoms with E-state index in [2.05, 4.69) is 37.9 Å². The van der Waals surface area contributed by atoms with E-state index in [1.165, 1.54) is 11.8 Å². The molecule has 0 saturated carbocycles. The molecule has 1 aromatic carbocycles. The summed E-state index contributed by atoms with van der Waals surface area (Å²) in [6.07, 6.45) is 1.40. The van der Waals surface area contributed by atoms with Gasteiger partial charge in [0.15, 0.2) is 0 Å². The monoisotopic (exact) mass is 272 g/mol. The fourth-order valence-corrected chi connectivity index (χ4v) is 2.13. The van der Waals surface area contributed by atoms with Crippen LogP contribution in [0, 0.1) is 6.92 Å². The summed E-state index contributed by atoms with van der Waals surface area (Å²) >= 11 is 0. The minimum atomic E-state index is -0.947. The zero-order valence-electron chi connectivity index (χ0n) is 12.3. The second kappa shape index (κ2) is 5.12. The van der Waals surface area contributed by atoms with E-state index in [-0.39, 0.29) is 11.1 Å². The maximum absolute atomic E-state index is 11.2. The Kier molecular flexibility index (Phi) is 3.66. The van der Waals surface area contributed by atoms with Gasteiger partial charge in [0.1, 0.15) is 11.5 Å². The van der Waals surface area contributed by atoms with Crippen LogP contribution >= 0.6 is 0 Å². The Morgan fingerprint density at radius 3 is 2.35 bits per heavy atom. The topological polar surface area (TPSA) is 55.1 Å². The van der Waals surface area contributed by atoms with Gasteiger partial charge in [-0.1, -0.05) is 45.0 Å². The number of carboxylic acid groups (broad SMARTS) is 1. The fourth-order valence-electron chi connectivity index (χ4n) is 2.13. The number of imidazole rings is 1. The summed E-state index contributed by atoms with van der Waals surface area (Å²) in [6, 6.07) is 8.29. The number of rotatable bonds is 3. The van der Waals surface area contributed by atoms with Crippen molar-refractivity contribution in [3.8, 4) is 0 Å². The summed E-state index contributed by atoms with van der Waals surface area (Å²) in [7, 11) is 0. The van der Waals surface area contributed by atoms with Crippen LogP contribution in [0.15, 0.2) is 30.5 Å². The van der Waals surface area contributed by atoms with Crippen LogP contribution in [-0.2, 0) is 12.0 Å². The van der Waals surface area contributed by atoms with Crippen molar-refractivity contribution in [3.05, 3.63) is 53.1 Å². The number of aryl methyl sites for hydroxylation is 1. The fraction of sp³-hybridized carbons (Fsp3) is 0.375. The van der Waals surface area contributed by atoms with Gasteiger partial charge in [0.05, 0.1) is 6.20 Å². The van der Waals surface area contributed by atoms with Crippen LogP contribution in [0.25, 0.3) is 0 Å². The van der Waals surface area contributed by atoms with Crippen LogP contribution in [0.1, 0.15) is 48.2 Å². The first kappa shape index (κ1) is 14.3. The summed E-state index contributed by atoms with van der Waals surface area (Å²) in [6.45, 7) is 8.85. The zero-order valence-corrected chi connectivity index (χ0v) is 12.3. The molecule has 1 heterocycles. The highest BCUT2D eigenvalue weighted by Crippen LogP contribution is 2.22. The predicted octanol–water partition coefficient (Wildman–Crippen LogP) is 3.24. The van der Waals surface area contributed by atoms with Crippen LogP contribution < -0.4 is 0 Å². The van der Waals surface area contributed by atoms with Gasteiger partial charge in [-0.15, -0.1) is 0 Å². The number of hydrogen-bond acceptors (Lipinski definition) is 2. The molecule has 4 nitrogen and oxygen atoms in total. The minimum absolute atomic E-state index is 0.121. The molecule has 0 atom stereocenters. The van der Waals surface area contributed by atoms with Crippen molar-refractivity contribution in [2.75, 3.05) is 0 Å². The van der Waals surface area contributed by atoms with Crippen LogP contribution in [-0.4, -0.2) is 20.6 Å². The third-order valence-corrected chi connectivity index (χ3v) is 3.43. The molecule has 0 unspecified atom stereocenters. The van der Waals surface area contributed by atoms with Crippen molar-refractivity contribution in [3.63, 3.8) is 0 Å². The Labute approximate surface area is 119 Å². The minimum Gasteiger partial charge on any atom is -0.477 e. The number of carbonyl (C=O) groups is 1. The molecule has 2 rings (SSSR count). The third-order valence-electron chi connectivity index (χ3n) is 3.43. The van der Waals surface area contributed by atoms with Gasteiger partial charge < -0.3 is 9.67 Å². The van der Waals surface area contributed by atoms with E-state index < -0.39 is 5.97 Å². The molecule has 0 fully saturated rings. The largest absolute Gasteiger partial charge is 0.477 e. The maximum Gasteiger partial charge on any atom is 0.354 e. The molecule has 106 valence electrons. The summed E-state index contributed by atoms with van der Waals surface area (Å²) in [5, 5.41) is 9.15. The smallest absolute Gasteiger partial charge is 0.354 e. The molecule has 4 heteroatoms. The summed E-state index contributed by atoms with van der Waals surface area (Å²) in [5.41, 5.74) is 2.68. The van der Waals surface area contributed by atoms with E-state index in [9.17, 15) is 4.79 Å². The molecule has 2 aromatic rings. The van der Waals surface area contributed by atoms with Crippen molar-refractivity contribution in [2.24, 2.45) is 0 Å². The normalized spacial score (nSPS) is 11.6. The maximum atomic E-state index is 11.2. The Balaban J connectivity index is 2.27. The SMILES string of the molecule is Cc1ncc(C(=O)O)n1Cc1ccc(C(C)(C)C)cc1. The van der Waals surface area contributed by atoms with Crippen LogP contribution in [0.5, 0.6) is 0 Å². The summed E-state index contributed by atoms with van der Waals surface area (Å²) in [5.74, 6) is -0.237. The van der Waals surface area contributed by atoms with Crippen molar-refractivity contribution in [2.45, 2.75) is 39.7 Å². The first-order chi connectivity index (χ1) is 9.29. The van der Waals surface area contributed by atoms with Gasteiger partial charge in [0.2, 0.25) is 0 Å². The molecular formula is C16H20N2O2. The number of aromatic nitrogens is 2. The third kappa shape index (κ3) is 2.90. The molecule has 0 saturated heterocycles. The van der Waals surface area contributed by atoms with Gasteiger partial charge in [-0.3, -0.25) is 0 Å². The lowest BCUT2D eigenvalue weighted by Crippen LogP contribution is -2.12. The Morgan fingerprint density at radius 1 is 1.25 bits per heavy atom. The van der Waals surface area contributed by atoms with Crippen molar-refractivity contribution >= 4 is 5.97 Å². The average Bonchev–Trinajstić information content (AvgIpc) is 2.71. The number of carboxylic acids is 1. The van der Waals surface area contributed by atoms with E-state index in [4.69, 9.17) is 5.11 Å². The molecule has 1 N–H and O–H groups in total. The first-order valence-corrected chi connectivity index (χ1v) is 6.64. The Bertz CT molecular complexity index is 619. The molecule has 0 aliphatic heterocycles. The van der Waals surface area contributed by atoms with Gasteiger partial charge >= 0.3 is 5.97 Å². The van der Waals surface area contributed by atoms with Crippen LogP contribution in [0.3, 0.4) is 0 Å². The second-order valence-electron chi connectivity index (χ2n) is 6.03. The lowest BCUT2D eigenvalue weighted by Gasteiger charge is -2.19. The van der Waals surface area contributed by atoms with Crippen LogP contribution in [0.2, 0.25) is 0 Å². The molecule has 20 heavy (non-hydrogen) atoms. The lowest BCUT2D eigenvalue weighted by atomic mass is 9.87. The number of aromatic carboxylic acids is 1. The van der Waals surface area contributed by atoms with Crippen molar-refractivity contribution in [1.29, 1.82) is 0 Å². The molecule has 0 aliphatic carbocycles. The molecule has 0 amide bonds. The highest BCUT2D eigenvalue weighted by atomic mass is 16.4. The number of benzene rings is 1. The highest BCUT2D eigenvalue weighted by molar-refractivity contribution is 5.85. The van der Waals surface area contributed by atoms with E-state index >= 15 is 0 Å². The van der Waals surface area contributed by atoms with E-state index in [1.807, 2.05) is 19.1 Å². The molecule has 0 spiro atoms. The predicted molar refractivity (Wildman–Crippen MR) is 78.2 cm³/mol. The van der Waals surface area contributed by atoms with E-state index in [0.29, 0.717) is 12.4 Å². The number of nitrogens with zero attached hydrogens (tertiary/aromatic N) is 2. The highest BCUT2D eigenvalue weighted by Gasteiger charge is 2.15. The van der Waals surface area contributed by atoms with Gasteiger partial charge in [0.25, 0.3) is 0 Å². The van der Waals surface area contributed by atoms with Crippen LogP contribution in [0.4, 0.5) is 0 Å². The second-order valence-corrected chi connectivity index (χ2v) is 6.03. The van der Waals surface area contributed by atoms with Gasteiger partial charge in [-0.25, -0.2) is 9.78 Å². The van der Waals surface area contributed by atoms with Gasteiger partial charge in [0, 0.05) is 6.54 Å². The Hall–Kier alpha value is -2.10. The first-order valence-electron chi connectivity index (χ1n) is 6.64. The van der Waals surface area contributed by atoms with Crippen molar-refractivity contribution < 1.29 is 9.90 Å². The van der Waals surface area contributed by atoms with E-state index in [0.717, 1.165) is 5.56 Å². The molecule has 0 aliphatic rings. The standard InChI is InChI=1S/C16H20N2O2/c1-11-17-9-14(15(19)20)18(11)10-12-5-7-13(8-6-12)16(2,3)4/h5-9H,10H2,1-4H3,(H,19,20). The molecular weight excluding hydrogens is 252 g/mol. The zero-order chi connectivity index (χ0) is 14.9. The molecule has 0 radical (unpaired) electrons. The molecule has 0 bridgehead atoms.